The van der Waals surface area contributed by atoms with Gasteiger partial charge in [0.15, 0.2) is 0 Å². The predicted octanol–water partition coefficient (Wildman–Crippen LogP) is 5.48. The normalized spacial score (nSPS) is 18.6. The summed E-state index contributed by atoms with van der Waals surface area (Å²) in [5, 5.41) is 13.5. The van der Waals surface area contributed by atoms with E-state index in [9.17, 15) is 9.90 Å². The summed E-state index contributed by atoms with van der Waals surface area (Å²) in [6, 6.07) is 18.9. The molecule has 1 saturated carbocycles. The number of anilines is 1. The molecule has 7 heteroatoms. The molecule has 162 valence electrons. The molecule has 0 bridgehead atoms. The van der Waals surface area contributed by atoms with Crippen molar-refractivity contribution in [3.05, 3.63) is 77.4 Å². The fourth-order valence-electron chi connectivity index (χ4n) is 4.38. The van der Waals surface area contributed by atoms with Crippen molar-refractivity contribution >= 4 is 34.5 Å². The van der Waals surface area contributed by atoms with Crippen LogP contribution in [0.4, 0.5) is 5.95 Å². The van der Waals surface area contributed by atoms with Crippen LogP contribution in [0.15, 0.2) is 66.9 Å². The highest BCUT2D eigenvalue weighted by molar-refractivity contribution is 6.33. The number of para-hydroxylation sites is 2. The Bertz CT molecular complexity index is 1280. The van der Waals surface area contributed by atoms with Crippen LogP contribution in [0.2, 0.25) is 5.02 Å². The molecule has 5 rings (SSSR count). The van der Waals surface area contributed by atoms with Crippen molar-refractivity contribution in [2.45, 2.75) is 37.8 Å². The number of nitrogens with one attached hydrogen (secondary N) is 1. The van der Waals surface area contributed by atoms with Gasteiger partial charge in [-0.2, -0.15) is 0 Å². The third-order valence-electron chi connectivity index (χ3n) is 6.02. The molecule has 2 aromatic heterocycles. The van der Waals surface area contributed by atoms with Crippen LogP contribution in [0, 0.1) is 0 Å². The van der Waals surface area contributed by atoms with E-state index in [4.69, 9.17) is 16.6 Å². The number of fused-ring (bicyclic) bond motifs is 1. The largest absolute Gasteiger partial charge is 0.393 e. The molecule has 1 amide bonds. The Labute approximate surface area is 190 Å². The Hall–Kier alpha value is -3.22. The van der Waals surface area contributed by atoms with Crippen LogP contribution >= 0.6 is 11.6 Å². The summed E-state index contributed by atoms with van der Waals surface area (Å²) in [6.45, 7) is 0. The summed E-state index contributed by atoms with van der Waals surface area (Å²) in [5.41, 5.74) is 3.71. The predicted molar refractivity (Wildman–Crippen MR) is 126 cm³/mol. The fourth-order valence-corrected chi connectivity index (χ4v) is 4.61. The molecule has 0 saturated heterocycles. The van der Waals surface area contributed by atoms with Crippen LogP contribution in [-0.4, -0.2) is 31.7 Å². The number of hydrogen-bond acceptors (Lipinski definition) is 4. The molecule has 0 unspecified atom stereocenters. The number of hydrogen-bond donors (Lipinski definition) is 2. The minimum atomic E-state index is -0.256. The Kier molecular flexibility index (Phi) is 5.64. The van der Waals surface area contributed by atoms with Crippen LogP contribution in [0.25, 0.3) is 22.3 Å². The Morgan fingerprint density at radius 3 is 2.59 bits per heavy atom. The summed E-state index contributed by atoms with van der Waals surface area (Å²) in [4.78, 5) is 22.3. The van der Waals surface area contributed by atoms with E-state index in [0.717, 1.165) is 42.3 Å². The molecule has 0 radical (unpaired) electrons. The molecule has 6 nitrogen and oxygen atoms in total. The Balaban J connectivity index is 1.47. The average Bonchev–Trinajstić information content (AvgIpc) is 3.18. The van der Waals surface area contributed by atoms with Crippen molar-refractivity contribution in [1.82, 2.24) is 14.5 Å². The lowest BCUT2D eigenvalue weighted by molar-refractivity contribution is 0.102. The minimum Gasteiger partial charge on any atom is -0.393 e. The van der Waals surface area contributed by atoms with Crippen LogP contribution in [0.5, 0.6) is 0 Å². The zero-order valence-corrected chi connectivity index (χ0v) is 18.2. The first-order chi connectivity index (χ1) is 15.6. The quantitative estimate of drug-likeness (QED) is 0.435. The number of aromatic nitrogens is 3. The van der Waals surface area contributed by atoms with Crippen molar-refractivity contribution in [1.29, 1.82) is 0 Å². The Morgan fingerprint density at radius 2 is 1.78 bits per heavy atom. The van der Waals surface area contributed by atoms with Gasteiger partial charge < -0.3 is 9.67 Å². The number of halogens is 1. The zero-order valence-electron chi connectivity index (χ0n) is 17.4. The van der Waals surface area contributed by atoms with Crippen LogP contribution < -0.4 is 5.32 Å². The first kappa shape index (κ1) is 20.7. The number of aliphatic hydroxyl groups excluding tert-OH is 1. The standard InChI is InChI=1S/C25H23ClN4O2/c26-20-6-2-1-5-19(20)22-15-16(13-14-27-22)24(32)29-25-28-21-7-3-4-8-23(21)30(25)17-9-11-18(31)12-10-17/h1-8,13-15,17-18,31H,9-12H2,(H,28,29,32). The van der Waals surface area contributed by atoms with Gasteiger partial charge in [-0.3, -0.25) is 15.1 Å². The molecular formula is C25H23ClN4O2. The second-order valence-corrected chi connectivity index (χ2v) is 8.53. The van der Waals surface area contributed by atoms with E-state index in [2.05, 4.69) is 14.9 Å². The van der Waals surface area contributed by atoms with E-state index < -0.39 is 0 Å². The van der Waals surface area contributed by atoms with Gasteiger partial charge in [-0.05, 0) is 56.0 Å². The number of imidazole rings is 1. The smallest absolute Gasteiger partial charge is 0.258 e. The molecule has 0 atom stereocenters. The minimum absolute atomic E-state index is 0.178. The maximum atomic E-state index is 13.2. The third-order valence-corrected chi connectivity index (χ3v) is 6.35. The SMILES string of the molecule is O=C(Nc1nc2ccccc2n1C1CCC(O)CC1)c1ccnc(-c2ccccc2Cl)c1. The van der Waals surface area contributed by atoms with E-state index in [0.29, 0.717) is 22.2 Å². The summed E-state index contributed by atoms with van der Waals surface area (Å²) in [5.74, 6) is 0.266. The topological polar surface area (TPSA) is 80.0 Å². The van der Waals surface area contributed by atoms with Crippen LogP contribution in [0.3, 0.4) is 0 Å². The highest BCUT2D eigenvalue weighted by Crippen LogP contribution is 2.34. The second-order valence-electron chi connectivity index (χ2n) is 8.12. The molecule has 4 aromatic rings. The van der Waals surface area contributed by atoms with Crippen molar-refractivity contribution in [3.8, 4) is 11.3 Å². The number of rotatable bonds is 4. The fraction of sp³-hybridized carbons (Fsp3) is 0.240. The van der Waals surface area contributed by atoms with E-state index in [-0.39, 0.29) is 18.1 Å². The highest BCUT2D eigenvalue weighted by Gasteiger charge is 2.25. The maximum Gasteiger partial charge on any atom is 0.258 e. The molecule has 2 N–H and O–H groups in total. The van der Waals surface area contributed by atoms with Gasteiger partial charge in [0.25, 0.3) is 5.91 Å². The molecule has 0 aliphatic heterocycles. The lowest BCUT2D eigenvalue weighted by Crippen LogP contribution is -2.23. The van der Waals surface area contributed by atoms with E-state index in [1.54, 1.807) is 24.4 Å². The van der Waals surface area contributed by atoms with Crippen molar-refractivity contribution in [3.63, 3.8) is 0 Å². The highest BCUT2D eigenvalue weighted by atomic mass is 35.5. The number of pyridine rings is 1. The van der Waals surface area contributed by atoms with E-state index in [1.807, 2.05) is 42.5 Å². The van der Waals surface area contributed by atoms with Gasteiger partial charge >= 0.3 is 0 Å². The number of carbonyl (C=O) groups excluding carboxylic acids is 1. The van der Waals surface area contributed by atoms with Gasteiger partial charge in [-0.1, -0.05) is 41.9 Å². The Morgan fingerprint density at radius 1 is 1.03 bits per heavy atom. The van der Waals surface area contributed by atoms with Gasteiger partial charge in [-0.25, -0.2) is 4.98 Å². The van der Waals surface area contributed by atoms with Gasteiger partial charge in [-0.15, -0.1) is 0 Å². The van der Waals surface area contributed by atoms with Gasteiger partial charge in [0.05, 0.1) is 22.8 Å². The number of benzene rings is 2. The van der Waals surface area contributed by atoms with Gasteiger partial charge in [0.1, 0.15) is 0 Å². The summed E-state index contributed by atoms with van der Waals surface area (Å²) < 4.78 is 2.11. The molecule has 0 spiro atoms. The van der Waals surface area contributed by atoms with Gasteiger partial charge in [0, 0.05) is 28.4 Å². The second kappa shape index (κ2) is 8.73. The van der Waals surface area contributed by atoms with Crippen LogP contribution in [-0.2, 0) is 0 Å². The maximum absolute atomic E-state index is 13.2. The number of amides is 1. The van der Waals surface area contributed by atoms with Gasteiger partial charge in [0.2, 0.25) is 5.95 Å². The molecule has 1 fully saturated rings. The van der Waals surface area contributed by atoms with Crippen molar-refractivity contribution in [2.75, 3.05) is 5.32 Å². The van der Waals surface area contributed by atoms with E-state index >= 15 is 0 Å². The lowest BCUT2D eigenvalue weighted by Gasteiger charge is -2.28. The summed E-state index contributed by atoms with van der Waals surface area (Å²) in [7, 11) is 0. The number of aliphatic hydroxyl groups is 1. The summed E-state index contributed by atoms with van der Waals surface area (Å²) >= 11 is 6.31. The number of nitrogens with zero attached hydrogens (tertiary/aromatic N) is 3. The molecular weight excluding hydrogens is 424 g/mol. The van der Waals surface area contributed by atoms with E-state index in [1.165, 1.54) is 0 Å². The average molecular weight is 447 g/mol. The zero-order chi connectivity index (χ0) is 22.1. The van der Waals surface area contributed by atoms with Crippen molar-refractivity contribution in [2.24, 2.45) is 0 Å². The molecule has 1 aliphatic carbocycles. The lowest BCUT2D eigenvalue weighted by atomic mass is 9.93. The first-order valence-corrected chi connectivity index (χ1v) is 11.2. The first-order valence-electron chi connectivity index (χ1n) is 10.8. The molecule has 2 heterocycles. The third kappa shape index (κ3) is 3.99. The molecule has 2 aromatic carbocycles. The number of carbonyl (C=O) groups is 1. The molecule has 1 aliphatic rings. The van der Waals surface area contributed by atoms with Crippen LogP contribution in [0.1, 0.15) is 42.1 Å². The monoisotopic (exact) mass is 446 g/mol. The molecule has 32 heavy (non-hydrogen) atoms. The van der Waals surface area contributed by atoms with Crippen molar-refractivity contribution < 1.29 is 9.90 Å². The summed E-state index contributed by atoms with van der Waals surface area (Å²) in [6.07, 6.45) is 4.54.